The number of hydrogen-bond donors (Lipinski definition) is 2. The molecule has 0 spiro atoms. The highest BCUT2D eigenvalue weighted by molar-refractivity contribution is 7.89. The summed E-state index contributed by atoms with van der Waals surface area (Å²) in [4.78, 5) is 0.0810. The Morgan fingerprint density at radius 1 is 1.33 bits per heavy atom. The van der Waals surface area contributed by atoms with E-state index in [4.69, 9.17) is 16.7 Å². The highest BCUT2D eigenvalue weighted by Crippen LogP contribution is 2.40. The van der Waals surface area contributed by atoms with Crippen LogP contribution in [-0.4, -0.2) is 14.5 Å². The van der Waals surface area contributed by atoms with Gasteiger partial charge in [-0.3, -0.25) is 0 Å². The zero-order valence-corrected chi connectivity index (χ0v) is 14.3. The molecule has 0 amide bonds. The van der Waals surface area contributed by atoms with E-state index >= 15 is 0 Å². The van der Waals surface area contributed by atoms with Crippen molar-refractivity contribution in [2.75, 3.05) is 5.32 Å². The van der Waals surface area contributed by atoms with E-state index < -0.39 is 10.0 Å². The van der Waals surface area contributed by atoms with Gasteiger partial charge in [0.1, 0.15) is 0 Å². The number of hydrogen-bond acceptors (Lipinski definition) is 3. The first-order valence-corrected chi connectivity index (χ1v) is 9.08. The van der Waals surface area contributed by atoms with Crippen LogP contribution in [0.25, 0.3) is 0 Å². The van der Waals surface area contributed by atoms with Crippen molar-refractivity contribution >= 4 is 27.3 Å². The average Bonchev–Trinajstić information content (AvgIpc) is 2.27. The van der Waals surface area contributed by atoms with Crippen molar-refractivity contribution in [3.05, 3.63) is 23.2 Å². The van der Waals surface area contributed by atoms with E-state index in [1.54, 1.807) is 6.07 Å². The van der Waals surface area contributed by atoms with Crippen LogP contribution in [0.15, 0.2) is 23.1 Å². The summed E-state index contributed by atoms with van der Waals surface area (Å²) in [5.41, 5.74) is 0.914. The van der Waals surface area contributed by atoms with Gasteiger partial charge in [-0.2, -0.15) is 0 Å². The van der Waals surface area contributed by atoms with Gasteiger partial charge < -0.3 is 5.32 Å². The zero-order chi connectivity index (χ0) is 15.8. The lowest BCUT2D eigenvalue weighted by Crippen LogP contribution is -2.35. The van der Waals surface area contributed by atoms with Crippen molar-refractivity contribution < 1.29 is 8.42 Å². The molecule has 1 fully saturated rings. The lowest BCUT2D eigenvalue weighted by Gasteiger charge is -2.39. The maximum absolute atomic E-state index is 11.5. The molecule has 0 aromatic heterocycles. The second kappa shape index (κ2) is 5.78. The van der Waals surface area contributed by atoms with E-state index in [1.807, 2.05) is 0 Å². The molecule has 1 aliphatic rings. The van der Waals surface area contributed by atoms with Gasteiger partial charge in [0.05, 0.1) is 15.6 Å². The first kappa shape index (κ1) is 16.6. The van der Waals surface area contributed by atoms with Gasteiger partial charge in [-0.15, -0.1) is 0 Å². The van der Waals surface area contributed by atoms with E-state index in [0.717, 1.165) is 12.8 Å². The Kier molecular flexibility index (Phi) is 4.57. The normalized spacial score (nSPS) is 25.6. The molecule has 2 unspecified atom stereocenters. The average molecular weight is 331 g/mol. The quantitative estimate of drug-likeness (QED) is 0.889. The topological polar surface area (TPSA) is 72.2 Å². The van der Waals surface area contributed by atoms with Crippen LogP contribution in [-0.2, 0) is 10.0 Å². The molecule has 21 heavy (non-hydrogen) atoms. The summed E-state index contributed by atoms with van der Waals surface area (Å²) in [6.07, 6.45) is 3.29. The van der Waals surface area contributed by atoms with Gasteiger partial charge in [-0.1, -0.05) is 32.4 Å². The minimum Gasteiger partial charge on any atom is -0.381 e. The Bertz CT molecular complexity index is 629. The molecular weight excluding hydrogens is 308 g/mol. The first-order chi connectivity index (χ1) is 9.57. The van der Waals surface area contributed by atoms with Crippen LogP contribution in [0.2, 0.25) is 5.02 Å². The molecule has 0 bridgehead atoms. The number of primary sulfonamides is 1. The Morgan fingerprint density at radius 3 is 2.57 bits per heavy atom. The van der Waals surface area contributed by atoms with Crippen LogP contribution >= 0.6 is 11.6 Å². The van der Waals surface area contributed by atoms with Gasteiger partial charge in [0.15, 0.2) is 0 Å². The van der Waals surface area contributed by atoms with Gasteiger partial charge in [0, 0.05) is 6.04 Å². The molecule has 1 saturated carbocycles. The lowest BCUT2D eigenvalue weighted by atomic mass is 9.70. The molecule has 1 aromatic rings. The summed E-state index contributed by atoms with van der Waals surface area (Å²) in [7, 11) is -3.72. The highest BCUT2D eigenvalue weighted by Gasteiger charge is 2.32. The summed E-state index contributed by atoms with van der Waals surface area (Å²) in [6.45, 7) is 6.78. The molecule has 6 heteroatoms. The van der Waals surface area contributed by atoms with Crippen molar-refractivity contribution in [3.63, 3.8) is 0 Å². The van der Waals surface area contributed by atoms with E-state index in [2.05, 4.69) is 26.1 Å². The molecule has 0 saturated heterocycles. The number of anilines is 1. The zero-order valence-electron chi connectivity index (χ0n) is 12.7. The van der Waals surface area contributed by atoms with E-state index in [1.165, 1.54) is 18.6 Å². The Morgan fingerprint density at radius 2 is 2.00 bits per heavy atom. The Hall–Kier alpha value is -0.780. The second-order valence-electron chi connectivity index (χ2n) is 6.94. The molecule has 1 aromatic carbocycles. The Labute approximate surface area is 132 Å². The van der Waals surface area contributed by atoms with E-state index in [0.29, 0.717) is 16.6 Å². The van der Waals surface area contributed by atoms with Gasteiger partial charge in [0.2, 0.25) is 10.0 Å². The largest absolute Gasteiger partial charge is 0.381 e. The molecule has 0 heterocycles. The fraction of sp³-hybridized carbons (Fsp3) is 0.600. The van der Waals surface area contributed by atoms with Crippen LogP contribution in [0.1, 0.15) is 40.0 Å². The number of benzene rings is 1. The third kappa shape index (κ3) is 4.34. The SMILES string of the molecule is CC1CC(Nc2cc(S(N)(=O)=O)ccc2Cl)CC(C)(C)C1. The molecule has 4 nitrogen and oxygen atoms in total. The number of nitrogens with one attached hydrogen (secondary N) is 1. The molecule has 0 aliphatic heterocycles. The number of nitrogens with two attached hydrogens (primary N) is 1. The standard InChI is InChI=1S/C15H23ClN2O2S/c1-10-6-11(9-15(2,3)8-10)18-14-7-12(21(17,19)20)4-5-13(14)16/h4-5,7,10-11,18H,6,8-9H2,1-3H3,(H2,17,19,20). The first-order valence-electron chi connectivity index (χ1n) is 7.16. The third-order valence-corrected chi connectivity index (χ3v) is 5.25. The third-order valence-electron chi connectivity index (χ3n) is 4.01. The van der Waals surface area contributed by atoms with E-state index in [9.17, 15) is 8.42 Å². The fourth-order valence-corrected chi connectivity index (χ4v) is 4.18. The molecule has 118 valence electrons. The summed E-state index contributed by atoms with van der Waals surface area (Å²) >= 11 is 6.17. The number of halogens is 1. The fourth-order valence-electron chi connectivity index (χ4n) is 3.47. The summed E-state index contributed by atoms with van der Waals surface area (Å²) in [6, 6.07) is 4.80. The predicted molar refractivity (Wildman–Crippen MR) is 87.0 cm³/mol. The maximum atomic E-state index is 11.5. The molecule has 3 N–H and O–H groups in total. The molecule has 1 aliphatic carbocycles. The van der Waals surface area contributed by atoms with Crippen molar-refractivity contribution in [3.8, 4) is 0 Å². The molecule has 0 radical (unpaired) electrons. The predicted octanol–water partition coefficient (Wildman–Crippen LogP) is 3.61. The molecule has 2 rings (SSSR count). The van der Waals surface area contributed by atoms with E-state index in [-0.39, 0.29) is 16.4 Å². The van der Waals surface area contributed by atoms with Gasteiger partial charge in [0.25, 0.3) is 0 Å². The van der Waals surface area contributed by atoms with Crippen LogP contribution in [0.3, 0.4) is 0 Å². The number of sulfonamides is 1. The monoisotopic (exact) mass is 330 g/mol. The van der Waals surface area contributed by atoms with Gasteiger partial charge in [-0.05, 0) is 48.8 Å². The van der Waals surface area contributed by atoms with Crippen LogP contribution in [0.5, 0.6) is 0 Å². The van der Waals surface area contributed by atoms with Crippen LogP contribution in [0, 0.1) is 11.3 Å². The summed E-state index contributed by atoms with van der Waals surface area (Å²) in [5.74, 6) is 0.631. The van der Waals surface area contributed by atoms with Crippen molar-refractivity contribution in [1.29, 1.82) is 0 Å². The Balaban J connectivity index is 2.23. The second-order valence-corrected chi connectivity index (χ2v) is 8.91. The molecular formula is C15H23ClN2O2S. The van der Waals surface area contributed by atoms with Crippen LogP contribution in [0.4, 0.5) is 5.69 Å². The van der Waals surface area contributed by atoms with Gasteiger partial charge in [-0.25, -0.2) is 13.6 Å². The van der Waals surface area contributed by atoms with Crippen molar-refractivity contribution in [2.45, 2.75) is 51.0 Å². The highest BCUT2D eigenvalue weighted by atomic mass is 35.5. The lowest BCUT2D eigenvalue weighted by molar-refractivity contribution is 0.178. The summed E-state index contributed by atoms with van der Waals surface area (Å²) < 4.78 is 22.9. The maximum Gasteiger partial charge on any atom is 0.238 e. The van der Waals surface area contributed by atoms with Crippen molar-refractivity contribution in [2.24, 2.45) is 16.5 Å². The number of rotatable bonds is 3. The van der Waals surface area contributed by atoms with Gasteiger partial charge >= 0.3 is 0 Å². The van der Waals surface area contributed by atoms with Crippen molar-refractivity contribution in [1.82, 2.24) is 0 Å². The minimum absolute atomic E-state index is 0.0810. The minimum atomic E-state index is -3.72. The molecule has 2 atom stereocenters. The smallest absolute Gasteiger partial charge is 0.238 e. The van der Waals surface area contributed by atoms with Crippen LogP contribution < -0.4 is 10.5 Å². The summed E-state index contributed by atoms with van der Waals surface area (Å²) in [5, 5.41) is 9.08.